The van der Waals surface area contributed by atoms with Gasteiger partial charge in [0.25, 0.3) is 5.91 Å². The summed E-state index contributed by atoms with van der Waals surface area (Å²) < 4.78 is 0. The number of phenolic OH excluding ortho intramolecular Hbond substituents is 1. The van der Waals surface area contributed by atoms with Crippen LogP contribution in [0.5, 0.6) is 5.75 Å². The summed E-state index contributed by atoms with van der Waals surface area (Å²) in [4.78, 5) is 27.6. The Morgan fingerprint density at radius 2 is 1.81 bits per heavy atom. The van der Waals surface area contributed by atoms with Crippen molar-refractivity contribution in [3.05, 3.63) is 82.9 Å². The van der Waals surface area contributed by atoms with Crippen LogP contribution in [-0.2, 0) is 4.79 Å². The molecule has 0 aliphatic carbocycles. The van der Waals surface area contributed by atoms with Crippen LogP contribution in [0.1, 0.15) is 39.9 Å². The van der Waals surface area contributed by atoms with E-state index in [1.54, 1.807) is 11.8 Å². The topological polar surface area (TPSA) is 108 Å². The molecule has 7 heteroatoms. The van der Waals surface area contributed by atoms with Gasteiger partial charge in [-0.05, 0) is 73.9 Å². The standard InChI is InChI=1S/C25H24N4O3/c1-14-8-10-18(12-15(14)2)29-21-7-5-4-6-19(21)23(25(29)32)16(3)27-28-24(31)17-9-11-22(30)20(26)13-17/h4-13,23,30H,26H2,1-3H3,(H,28,31). The van der Waals surface area contributed by atoms with Crippen LogP contribution in [0.15, 0.2) is 65.8 Å². The maximum Gasteiger partial charge on any atom is 0.271 e. The summed E-state index contributed by atoms with van der Waals surface area (Å²) >= 11 is 0. The van der Waals surface area contributed by atoms with Crippen molar-refractivity contribution < 1.29 is 14.7 Å². The number of aryl methyl sites for hydroxylation is 2. The number of para-hydroxylation sites is 1. The van der Waals surface area contributed by atoms with E-state index in [2.05, 4.69) is 10.5 Å². The molecular formula is C25H24N4O3. The zero-order valence-electron chi connectivity index (χ0n) is 18.1. The number of hydrazone groups is 1. The molecule has 1 aliphatic heterocycles. The van der Waals surface area contributed by atoms with Gasteiger partial charge in [0.15, 0.2) is 0 Å². The van der Waals surface area contributed by atoms with Gasteiger partial charge in [-0.15, -0.1) is 0 Å². The number of benzene rings is 3. The molecule has 0 bridgehead atoms. The molecule has 7 nitrogen and oxygen atoms in total. The average molecular weight is 428 g/mol. The van der Waals surface area contributed by atoms with Gasteiger partial charge < -0.3 is 10.8 Å². The van der Waals surface area contributed by atoms with E-state index < -0.39 is 11.8 Å². The van der Waals surface area contributed by atoms with Gasteiger partial charge in [-0.2, -0.15) is 5.10 Å². The molecule has 4 rings (SSSR count). The van der Waals surface area contributed by atoms with Gasteiger partial charge in [0.05, 0.1) is 17.1 Å². The number of nitrogens with two attached hydrogens (primary N) is 1. The first-order valence-electron chi connectivity index (χ1n) is 10.2. The minimum Gasteiger partial charge on any atom is -0.506 e. The predicted octanol–water partition coefficient (Wildman–Crippen LogP) is 4.16. The number of fused-ring (bicyclic) bond motifs is 1. The third-order valence-corrected chi connectivity index (χ3v) is 5.75. The van der Waals surface area contributed by atoms with Crippen LogP contribution in [0.25, 0.3) is 0 Å². The third-order valence-electron chi connectivity index (χ3n) is 5.75. The molecule has 1 aliphatic rings. The molecule has 3 aromatic rings. The molecule has 0 aromatic heterocycles. The van der Waals surface area contributed by atoms with E-state index in [9.17, 15) is 14.7 Å². The molecule has 1 unspecified atom stereocenters. The first-order valence-corrected chi connectivity index (χ1v) is 10.2. The molecule has 0 saturated heterocycles. The summed E-state index contributed by atoms with van der Waals surface area (Å²) in [5, 5.41) is 13.7. The van der Waals surface area contributed by atoms with E-state index in [1.165, 1.54) is 18.2 Å². The van der Waals surface area contributed by atoms with Crippen molar-refractivity contribution in [3.8, 4) is 5.75 Å². The van der Waals surface area contributed by atoms with Crippen LogP contribution in [0, 0.1) is 13.8 Å². The number of anilines is 3. The fraction of sp³-hybridized carbons (Fsp3) is 0.160. The van der Waals surface area contributed by atoms with Crippen molar-refractivity contribution in [1.29, 1.82) is 0 Å². The van der Waals surface area contributed by atoms with Crippen molar-refractivity contribution in [3.63, 3.8) is 0 Å². The molecule has 162 valence electrons. The fourth-order valence-corrected chi connectivity index (χ4v) is 3.81. The minimum atomic E-state index is -0.613. The number of hydrogen-bond donors (Lipinski definition) is 3. The van der Waals surface area contributed by atoms with E-state index in [0.29, 0.717) is 5.71 Å². The molecule has 1 heterocycles. The van der Waals surface area contributed by atoms with Crippen LogP contribution in [0.3, 0.4) is 0 Å². The molecule has 2 amide bonds. The smallest absolute Gasteiger partial charge is 0.271 e. The highest BCUT2D eigenvalue weighted by molar-refractivity contribution is 6.21. The largest absolute Gasteiger partial charge is 0.506 e. The van der Waals surface area contributed by atoms with Crippen molar-refractivity contribution >= 4 is 34.6 Å². The lowest BCUT2D eigenvalue weighted by Gasteiger charge is -2.19. The van der Waals surface area contributed by atoms with Crippen molar-refractivity contribution in [1.82, 2.24) is 5.43 Å². The second kappa shape index (κ2) is 8.19. The molecule has 4 N–H and O–H groups in total. The third kappa shape index (κ3) is 3.69. The number of amides is 2. The second-order valence-electron chi connectivity index (χ2n) is 7.90. The highest BCUT2D eigenvalue weighted by Gasteiger charge is 2.39. The lowest BCUT2D eigenvalue weighted by atomic mass is 9.96. The number of carbonyl (C=O) groups is 2. The van der Waals surface area contributed by atoms with Gasteiger partial charge in [-0.3, -0.25) is 14.5 Å². The van der Waals surface area contributed by atoms with Gasteiger partial charge in [0.2, 0.25) is 5.91 Å². The summed E-state index contributed by atoms with van der Waals surface area (Å²) in [6.45, 7) is 5.76. The first kappa shape index (κ1) is 21.1. The highest BCUT2D eigenvalue weighted by atomic mass is 16.3. The normalized spacial score (nSPS) is 15.6. The summed E-state index contributed by atoms with van der Waals surface area (Å²) in [5.41, 5.74) is 13.7. The zero-order chi connectivity index (χ0) is 23.0. The maximum atomic E-state index is 13.5. The molecule has 0 saturated carbocycles. The Kier molecular flexibility index (Phi) is 5.40. The number of nitrogens with one attached hydrogen (secondary N) is 1. The van der Waals surface area contributed by atoms with Crippen LogP contribution in [0.2, 0.25) is 0 Å². The SMILES string of the molecule is CC(=NNC(=O)c1ccc(O)c(N)c1)C1C(=O)N(c2ccc(C)c(C)c2)c2ccccc21. The predicted molar refractivity (Wildman–Crippen MR) is 125 cm³/mol. The van der Waals surface area contributed by atoms with Crippen LogP contribution in [0.4, 0.5) is 17.1 Å². The number of nitrogen functional groups attached to an aromatic ring is 1. The van der Waals surface area contributed by atoms with Gasteiger partial charge in [0, 0.05) is 11.3 Å². The summed E-state index contributed by atoms with van der Waals surface area (Å²) in [6.07, 6.45) is 0. The summed E-state index contributed by atoms with van der Waals surface area (Å²) in [6, 6.07) is 17.7. The molecule has 0 radical (unpaired) electrons. The Morgan fingerprint density at radius 1 is 1.06 bits per heavy atom. The van der Waals surface area contributed by atoms with E-state index in [-0.39, 0.29) is 22.9 Å². The average Bonchev–Trinajstić information content (AvgIpc) is 3.07. The lowest BCUT2D eigenvalue weighted by Crippen LogP contribution is -2.29. The molecule has 32 heavy (non-hydrogen) atoms. The van der Waals surface area contributed by atoms with Gasteiger partial charge in [-0.25, -0.2) is 5.43 Å². The van der Waals surface area contributed by atoms with Gasteiger partial charge in [-0.1, -0.05) is 24.3 Å². The molecule has 1 atom stereocenters. The van der Waals surface area contributed by atoms with Crippen LogP contribution >= 0.6 is 0 Å². The van der Waals surface area contributed by atoms with E-state index in [1.807, 2.05) is 56.3 Å². The summed E-state index contributed by atoms with van der Waals surface area (Å²) in [5.74, 6) is -1.32. The number of rotatable bonds is 4. The van der Waals surface area contributed by atoms with E-state index in [4.69, 9.17) is 5.73 Å². The molecular weight excluding hydrogens is 404 g/mol. The first-order chi connectivity index (χ1) is 15.3. The number of hydrogen-bond acceptors (Lipinski definition) is 5. The second-order valence-corrected chi connectivity index (χ2v) is 7.90. The van der Waals surface area contributed by atoms with Crippen molar-refractivity contribution in [2.45, 2.75) is 26.7 Å². The number of nitrogens with zero attached hydrogens (tertiary/aromatic N) is 2. The molecule has 0 fully saturated rings. The van der Waals surface area contributed by atoms with Gasteiger partial charge in [0.1, 0.15) is 11.7 Å². The van der Waals surface area contributed by atoms with Crippen molar-refractivity contribution in [2.75, 3.05) is 10.6 Å². The lowest BCUT2D eigenvalue weighted by molar-refractivity contribution is -0.117. The Balaban J connectivity index is 1.64. The maximum absolute atomic E-state index is 13.5. The number of carbonyl (C=O) groups excluding carboxylic acids is 2. The zero-order valence-corrected chi connectivity index (χ0v) is 18.1. The highest BCUT2D eigenvalue weighted by Crippen LogP contribution is 2.42. The monoisotopic (exact) mass is 428 g/mol. The van der Waals surface area contributed by atoms with E-state index in [0.717, 1.165) is 28.1 Å². The van der Waals surface area contributed by atoms with Crippen molar-refractivity contribution in [2.24, 2.45) is 5.10 Å². The Bertz CT molecular complexity index is 1270. The fourth-order valence-electron chi connectivity index (χ4n) is 3.81. The van der Waals surface area contributed by atoms with Crippen LogP contribution in [-0.4, -0.2) is 22.6 Å². The van der Waals surface area contributed by atoms with E-state index >= 15 is 0 Å². The molecule has 0 spiro atoms. The number of phenols is 1. The summed E-state index contributed by atoms with van der Waals surface area (Å²) in [7, 11) is 0. The van der Waals surface area contributed by atoms with Crippen LogP contribution < -0.4 is 16.1 Å². The Hall–Kier alpha value is -4.13. The minimum absolute atomic E-state index is 0.0965. The Labute approximate surface area is 186 Å². The van der Waals surface area contributed by atoms with Gasteiger partial charge >= 0.3 is 0 Å². The Morgan fingerprint density at radius 3 is 2.53 bits per heavy atom. The quantitative estimate of drug-likeness (QED) is 0.251. The molecule has 3 aromatic carbocycles. The number of aromatic hydroxyl groups is 1.